The second-order valence-corrected chi connectivity index (χ2v) is 7.63. The fourth-order valence-electron chi connectivity index (χ4n) is 3.19. The number of hydrogen-bond acceptors (Lipinski definition) is 4. The molecule has 4 aromatic rings. The van der Waals surface area contributed by atoms with Crippen LogP contribution in [0, 0.1) is 6.92 Å². The van der Waals surface area contributed by atoms with Gasteiger partial charge in [-0.2, -0.15) is 0 Å². The van der Waals surface area contributed by atoms with Crippen LogP contribution >= 0.6 is 0 Å². The molecule has 6 nitrogen and oxygen atoms in total. The summed E-state index contributed by atoms with van der Waals surface area (Å²) < 4.78 is 11.2. The zero-order chi connectivity index (χ0) is 23.8. The Labute approximate surface area is 197 Å². The third-order valence-corrected chi connectivity index (χ3v) is 4.96. The third kappa shape index (κ3) is 6.23. The van der Waals surface area contributed by atoms with Crippen LogP contribution in [0.5, 0.6) is 11.5 Å². The fourth-order valence-corrected chi connectivity index (χ4v) is 3.19. The Kier molecular flexibility index (Phi) is 7.20. The predicted molar refractivity (Wildman–Crippen MR) is 130 cm³/mol. The number of ether oxygens (including phenoxy) is 1. The molecule has 0 spiro atoms. The normalized spacial score (nSPS) is 11.0. The van der Waals surface area contributed by atoms with Gasteiger partial charge in [-0.1, -0.05) is 48.0 Å². The van der Waals surface area contributed by atoms with Crippen LogP contribution < -0.4 is 15.4 Å². The molecule has 6 heteroatoms. The Morgan fingerprint density at radius 2 is 1.65 bits per heavy atom. The Morgan fingerprint density at radius 1 is 0.882 bits per heavy atom. The summed E-state index contributed by atoms with van der Waals surface area (Å²) in [6, 6.07) is 27.3. The van der Waals surface area contributed by atoms with Crippen LogP contribution in [0.25, 0.3) is 6.08 Å². The first-order valence-corrected chi connectivity index (χ1v) is 10.8. The van der Waals surface area contributed by atoms with Gasteiger partial charge in [0.05, 0.1) is 12.8 Å². The average molecular weight is 453 g/mol. The number of benzene rings is 3. The highest BCUT2D eigenvalue weighted by atomic mass is 16.5. The highest BCUT2D eigenvalue weighted by Gasteiger charge is 2.15. The van der Waals surface area contributed by atoms with Crippen LogP contribution in [0.3, 0.4) is 0 Å². The van der Waals surface area contributed by atoms with Crippen molar-refractivity contribution in [3.63, 3.8) is 0 Å². The van der Waals surface area contributed by atoms with Gasteiger partial charge in [-0.3, -0.25) is 9.59 Å². The lowest BCUT2D eigenvalue weighted by molar-refractivity contribution is -0.118. The number of para-hydroxylation sites is 1. The van der Waals surface area contributed by atoms with Crippen LogP contribution in [0.4, 0.5) is 0 Å². The first-order chi connectivity index (χ1) is 16.6. The van der Waals surface area contributed by atoms with Gasteiger partial charge in [-0.15, -0.1) is 0 Å². The first-order valence-electron chi connectivity index (χ1n) is 10.8. The largest absolute Gasteiger partial charge is 0.467 e. The maximum atomic E-state index is 13.0. The van der Waals surface area contributed by atoms with Gasteiger partial charge in [-0.05, 0) is 67.1 Å². The van der Waals surface area contributed by atoms with Crippen molar-refractivity contribution in [3.05, 3.63) is 125 Å². The summed E-state index contributed by atoms with van der Waals surface area (Å²) in [5.74, 6) is 1.10. The van der Waals surface area contributed by atoms with Crippen molar-refractivity contribution in [1.29, 1.82) is 0 Å². The molecule has 0 saturated carbocycles. The summed E-state index contributed by atoms with van der Waals surface area (Å²) in [6.07, 6.45) is 3.15. The summed E-state index contributed by atoms with van der Waals surface area (Å²) in [7, 11) is 0. The number of aryl methyl sites for hydroxylation is 1. The quantitative estimate of drug-likeness (QED) is 0.348. The highest BCUT2D eigenvalue weighted by Crippen LogP contribution is 2.22. The minimum absolute atomic E-state index is 0.106. The maximum Gasteiger partial charge on any atom is 0.268 e. The summed E-state index contributed by atoms with van der Waals surface area (Å²) in [6.45, 7) is 2.14. The monoisotopic (exact) mass is 452 g/mol. The van der Waals surface area contributed by atoms with E-state index >= 15 is 0 Å². The van der Waals surface area contributed by atoms with Gasteiger partial charge in [-0.25, -0.2) is 0 Å². The topological polar surface area (TPSA) is 80.6 Å². The SMILES string of the molecule is Cc1ccc(C(=O)N/C(=C\c2cccc(Oc3ccccc3)c2)C(=O)NCc2ccco2)cc1. The third-order valence-electron chi connectivity index (χ3n) is 4.96. The molecule has 3 aromatic carbocycles. The van der Waals surface area contributed by atoms with Gasteiger partial charge < -0.3 is 19.8 Å². The number of rotatable bonds is 8. The summed E-state index contributed by atoms with van der Waals surface area (Å²) >= 11 is 0. The lowest BCUT2D eigenvalue weighted by atomic mass is 10.1. The Hall–Kier alpha value is -4.58. The van der Waals surface area contributed by atoms with Crippen LogP contribution in [0.2, 0.25) is 0 Å². The zero-order valence-electron chi connectivity index (χ0n) is 18.7. The molecule has 1 aromatic heterocycles. The van der Waals surface area contributed by atoms with Crippen LogP contribution in [0.15, 0.2) is 107 Å². The molecule has 34 heavy (non-hydrogen) atoms. The number of furan rings is 1. The second kappa shape index (κ2) is 10.8. The van der Waals surface area contributed by atoms with E-state index in [4.69, 9.17) is 9.15 Å². The smallest absolute Gasteiger partial charge is 0.268 e. The molecule has 1 heterocycles. The molecule has 0 atom stereocenters. The molecule has 170 valence electrons. The van der Waals surface area contributed by atoms with E-state index in [1.54, 1.807) is 36.4 Å². The van der Waals surface area contributed by atoms with Crippen molar-refractivity contribution in [2.24, 2.45) is 0 Å². The molecular formula is C28H24N2O4. The van der Waals surface area contributed by atoms with Crippen molar-refractivity contribution >= 4 is 17.9 Å². The Bertz CT molecular complexity index is 1280. The van der Waals surface area contributed by atoms with Crippen molar-refractivity contribution in [2.75, 3.05) is 0 Å². The Balaban J connectivity index is 1.57. The van der Waals surface area contributed by atoms with E-state index in [1.165, 1.54) is 6.26 Å². The molecule has 2 N–H and O–H groups in total. The van der Waals surface area contributed by atoms with Crippen LogP contribution in [-0.2, 0) is 11.3 Å². The maximum absolute atomic E-state index is 13.0. The van der Waals surface area contributed by atoms with E-state index in [2.05, 4.69) is 10.6 Å². The zero-order valence-corrected chi connectivity index (χ0v) is 18.7. The fraction of sp³-hybridized carbons (Fsp3) is 0.0714. The van der Waals surface area contributed by atoms with Crippen molar-refractivity contribution in [3.8, 4) is 11.5 Å². The summed E-state index contributed by atoms with van der Waals surface area (Å²) in [5.41, 5.74) is 2.30. The standard InChI is InChI=1S/C28H24N2O4/c1-20-12-14-22(15-13-20)27(31)30-26(28(32)29-19-25-11-6-16-33-25)18-21-7-5-10-24(17-21)34-23-8-3-2-4-9-23/h2-18H,19H2,1H3,(H,29,32)(H,30,31)/b26-18-. The number of amides is 2. The van der Waals surface area contributed by atoms with E-state index in [0.29, 0.717) is 28.4 Å². The molecule has 0 bridgehead atoms. The molecule has 0 fully saturated rings. The predicted octanol–water partition coefficient (Wildman–Crippen LogP) is 5.47. The second-order valence-electron chi connectivity index (χ2n) is 7.63. The van der Waals surface area contributed by atoms with Crippen LogP contribution in [-0.4, -0.2) is 11.8 Å². The molecule has 4 rings (SSSR count). The molecule has 0 unspecified atom stereocenters. The van der Waals surface area contributed by atoms with Crippen LogP contribution in [0.1, 0.15) is 27.2 Å². The molecular weight excluding hydrogens is 428 g/mol. The summed E-state index contributed by atoms with van der Waals surface area (Å²) in [5, 5.41) is 5.52. The van der Waals surface area contributed by atoms with Crippen molar-refractivity contribution < 1.29 is 18.7 Å². The van der Waals surface area contributed by atoms with Gasteiger partial charge in [0, 0.05) is 5.56 Å². The molecule has 0 aliphatic rings. The van der Waals surface area contributed by atoms with Gasteiger partial charge in [0.15, 0.2) is 0 Å². The molecule has 0 aliphatic heterocycles. The lowest BCUT2D eigenvalue weighted by Gasteiger charge is -2.11. The number of carbonyl (C=O) groups is 2. The van der Waals surface area contributed by atoms with Crippen molar-refractivity contribution in [1.82, 2.24) is 10.6 Å². The molecule has 0 aliphatic carbocycles. The molecule has 0 radical (unpaired) electrons. The van der Waals surface area contributed by atoms with Gasteiger partial charge in [0.2, 0.25) is 0 Å². The van der Waals surface area contributed by atoms with E-state index in [9.17, 15) is 9.59 Å². The van der Waals surface area contributed by atoms with Crippen molar-refractivity contribution in [2.45, 2.75) is 13.5 Å². The summed E-state index contributed by atoms with van der Waals surface area (Å²) in [4.78, 5) is 25.8. The highest BCUT2D eigenvalue weighted by molar-refractivity contribution is 6.05. The minimum Gasteiger partial charge on any atom is -0.467 e. The first kappa shape index (κ1) is 22.6. The number of hydrogen-bond donors (Lipinski definition) is 2. The lowest BCUT2D eigenvalue weighted by Crippen LogP contribution is -2.34. The van der Waals surface area contributed by atoms with Gasteiger partial charge in [0.1, 0.15) is 23.0 Å². The van der Waals surface area contributed by atoms with Gasteiger partial charge in [0.25, 0.3) is 11.8 Å². The minimum atomic E-state index is -0.439. The molecule has 0 saturated heterocycles. The number of carbonyl (C=O) groups excluding carboxylic acids is 2. The van der Waals surface area contributed by atoms with E-state index in [0.717, 1.165) is 5.56 Å². The number of nitrogens with one attached hydrogen (secondary N) is 2. The van der Waals surface area contributed by atoms with E-state index in [1.807, 2.05) is 67.6 Å². The molecule has 2 amide bonds. The Morgan fingerprint density at radius 3 is 2.38 bits per heavy atom. The van der Waals surface area contributed by atoms with E-state index < -0.39 is 5.91 Å². The van der Waals surface area contributed by atoms with E-state index in [-0.39, 0.29) is 18.1 Å². The average Bonchev–Trinajstić information content (AvgIpc) is 3.37. The van der Waals surface area contributed by atoms with Gasteiger partial charge >= 0.3 is 0 Å².